The number of halogens is 1. The van der Waals surface area contributed by atoms with Gasteiger partial charge >= 0.3 is 0 Å². The average molecular weight is 265 g/mol. The number of benzene rings is 1. The molecule has 18 heavy (non-hydrogen) atoms. The maximum absolute atomic E-state index is 10.1. The van der Waals surface area contributed by atoms with Crippen LogP contribution < -0.4 is 0 Å². The van der Waals surface area contributed by atoms with Gasteiger partial charge in [0.25, 0.3) is 0 Å². The van der Waals surface area contributed by atoms with Gasteiger partial charge in [-0.25, -0.2) is 0 Å². The van der Waals surface area contributed by atoms with E-state index >= 15 is 0 Å². The van der Waals surface area contributed by atoms with Crippen molar-refractivity contribution in [3.8, 4) is 0 Å². The molecule has 1 heterocycles. The Labute approximate surface area is 112 Å². The van der Waals surface area contributed by atoms with Gasteiger partial charge in [0.15, 0.2) is 0 Å². The molecule has 96 valence electrons. The van der Waals surface area contributed by atoms with E-state index in [9.17, 15) is 5.11 Å². The zero-order valence-corrected chi connectivity index (χ0v) is 11.3. The van der Waals surface area contributed by atoms with E-state index in [0.29, 0.717) is 17.5 Å². The third-order valence-corrected chi connectivity index (χ3v) is 3.10. The first-order chi connectivity index (χ1) is 8.56. The standard InChI is InChI=1S/C14H17ClN2O/c1-10(2)17-8-7-13(16-17)9-14(18)11-3-5-12(15)6-4-11/h3-8,10,14,18H,9H2,1-2H3. The number of hydrogen-bond donors (Lipinski definition) is 1. The maximum atomic E-state index is 10.1. The van der Waals surface area contributed by atoms with Crippen molar-refractivity contribution in [3.05, 3.63) is 52.8 Å². The molecule has 1 unspecified atom stereocenters. The second-order valence-electron chi connectivity index (χ2n) is 4.65. The molecule has 4 heteroatoms. The fourth-order valence-electron chi connectivity index (χ4n) is 1.77. The Bertz CT molecular complexity index is 505. The molecule has 1 aromatic heterocycles. The summed E-state index contributed by atoms with van der Waals surface area (Å²) in [7, 11) is 0. The first-order valence-corrected chi connectivity index (χ1v) is 6.41. The summed E-state index contributed by atoms with van der Waals surface area (Å²) < 4.78 is 1.89. The Balaban J connectivity index is 2.06. The molecule has 0 aliphatic carbocycles. The SMILES string of the molecule is CC(C)n1ccc(CC(O)c2ccc(Cl)cc2)n1. The molecule has 0 spiro atoms. The number of hydrogen-bond acceptors (Lipinski definition) is 2. The van der Waals surface area contributed by atoms with Crippen molar-refractivity contribution in [1.29, 1.82) is 0 Å². The first-order valence-electron chi connectivity index (χ1n) is 6.04. The Kier molecular flexibility index (Phi) is 4.04. The molecule has 0 aliphatic rings. The molecular formula is C14H17ClN2O. The normalized spacial score (nSPS) is 12.9. The highest BCUT2D eigenvalue weighted by Crippen LogP contribution is 2.20. The molecule has 0 aliphatic heterocycles. The van der Waals surface area contributed by atoms with Gasteiger partial charge in [-0.1, -0.05) is 23.7 Å². The molecule has 0 saturated heterocycles. The monoisotopic (exact) mass is 264 g/mol. The lowest BCUT2D eigenvalue weighted by molar-refractivity contribution is 0.177. The zero-order chi connectivity index (χ0) is 13.1. The van der Waals surface area contributed by atoms with Gasteiger partial charge in [-0.2, -0.15) is 5.10 Å². The second kappa shape index (κ2) is 5.55. The Hall–Kier alpha value is -1.32. The van der Waals surface area contributed by atoms with Crippen molar-refractivity contribution in [2.75, 3.05) is 0 Å². The molecule has 0 amide bonds. The van der Waals surface area contributed by atoms with E-state index in [0.717, 1.165) is 11.3 Å². The summed E-state index contributed by atoms with van der Waals surface area (Å²) in [5.41, 5.74) is 1.75. The molecule has 2 rings (SSSR count). The lowest BCUT2D eigenvalue weighted by Gasteiger charge is -2.09. The Morgan fingerprint density at radius 3 is 2.44 bits per heavy atom. The summed E-state index contributed by atoms with van der Waals surface area (Å²) in [6, 6.07) is 9.53. The van der Waals surface area contributed by atoms with Crippen LogP contribution in [-0.4, -0.2) is 14.9 Å². The molecular weight excluding hydrogens is 248 g/mol. The number of nitrogens with zero attached hydrogens (tertiary/aromatic N) is 2. The Morgan fingerprint density at radius 1 is 1.22 bits per heavy atom. The largest absolute Gasteiger partial charge is 0.388 e. The van der Waals surface area contributed by atoms with Crippen LogP contribution in [0.3, 0.4) is 0 Å². The minimum absolute atomic E-state index is 0.339. The highest BCUT2D eigenvalue weighted by molar-refractivity contribution is 6.30. The van der Waals surface area contributed by atoms with E-state index in [1.54, 1.807) is 12.1 Å². The van der Waals surface area contributed by atoms with Crippen LogP contribution in [0.15, 0.2) is 36.5 Å². The van der Waals surface area contributed by atoms with Crippen molar-refractivity contribution in [2.45, 2.75) is 32.4 Å². The molecule has 1 atom stereocenters. The lowest BCUT2D eigenvalue weighted by atomic mass is 10.1. The van der Waals surface area contributed by atoms with Crippen molar-refractivity contribution in [1.82, 2.24) is 9.78 Å². The van der Waals surface area contributed by atoms with Crippen LogP contribution in [0.4, 0.5) is 0 Å². The van der Waals surface area contributed by atoms with Crippen LogP contribution in [0, 0.1) is 0 Å². The molecule has 0 bridgehead atoms. The summed E-state index contributed by atoms with van der Waals surface area (Å²) in [4.78, 5) is 0. The van der Waals surface area contributed by atoms with Gasteiger partial charge in [-0.15, -0.1) is 0 Å². The fraction of sp³-hybridized carbons (Fsp3) is 0.357. The first kappa shape index (κ1) is 13.1. The summed E-state index contributed by atoms with van der Waals surface area (Å²) in [5.74, 6) is 0. The van der Waals surface area contributed by atoms with Gasteiger partial charge in [-0.3, -0.25) is 4.68 Å². The van der Waals surface area contributed by atoms with E-state index < -0.39 is 6.10 Å². The average Bonchev–Trinajstić information content (AvgIpc) is 2.78. The Morgan fingerprint density at radius 2 is 1.89 bits per heavy atom. The molecule has 0 radical (unpaired) electrons. The van der Waals surface area contributed by atoms with E-state index in [1.807, 2.05) is 29.1 Å². The molecule has 0 fully saturated rings. The van der Waals surface area contributed by atoms with E-state index in [-0.39, 0.29) is 0 Å². The van der Waals surface area contributed by atoms with Crippen LogP contribution in [0.5, 0.6) is 0 Å². The summed E-state index contributed by atoms with van der Waals surface area (Å²) in [6.07, 6.45) is 1.91. The summed E-state index contributed by atoms with van der Waals surface area (Å²) in [5, 5.41) is 15.2. The van der Waals surface area contributed by atoms with Crippen LogP contribution in [-0.2, 0) is 6.42 Å². The fourth-order valence-corrected chi connectivity index (χ4v) is 1.90. The van der Waals surface area contributed by atoms with Crippen molar-refractivity contribution < 1.29 is 5.11 Å². The number of aromatic nitrogens is 2. The molecule has 0 saturated carbocycles. The van der Waals surface area contributed by atoms with Crippen molar-refractivity contribution in [2.24, 2.45) is 0 Å². The number of rotatable bonds is 4. The molecule has 1 N–H and O–H groups in total. The highest BCUT2D eigenvalue weighted by Gasteiger charge is 2.11. The topological polar surface area (TPSA) is 38.0 Å². The van der Waals surface area contributed by atoms with E-state index in [4.69, 9.17) is 11.6 Å². The van der Waals surface area contributed by atoms with Crippen LogP contribution >= 0.6 is 11.6 Å². The highest BCUT2D eigenvalue weighted by atomic mass is 35.5. The van der Waals surface area contributed by atoms with Crippen LogP contribution in [0.1, 0.15) is 37.3 Å². The van der Waals surface area contributed by atoms with Crippen LogP contribution in [0.25, 0.3) is 0 Å². The van der Waals surface area contributed by atoms with Gasteiger partial charge in [0.1, 0.15) is 0 Å². The van der Waals surface area contributed by atoms with Gasteiger partial charge in [0, 0.05) is 23.7 Å². The zero-order valence-electron chi connectivity index (χ0n) is 10.5. The smallest absolute Gasteiger partial charge is 0.0846 e. The quantitative estimate of drug-likeness (QED) is 0.919. The van der Waals surface area contributed by atoms with Crippen molar-refractivity contribution >= 4 is 11.6 Å². The van der Waals surface area contributed by atoms with Crippen LogP contribution in [0.2, 0.25) is 5.02 Å². The molecule has 1 aromatic carbocycles. The van der Waals surface area contributed by atoms with Crippen molar-refractivity contribution in [3.63, 3.8) is 0 Å². The number of aliphatic hydroxyl groups is 1. The van der Waals surface area contributed by atoms with E-state index in [1.165, 1.54) is 0 Å². The minimum atomic E-state index is -0.544. The molecule has 3 nitrogen and oxygen atoms in total. The van der Waals surface area contributed by atoms with Gasteiger partial charge in [0.05, 0.1) is 11.8 Å². The minimum Gasteiger partial charge on any atom is -0.388 e. The predicted octanol–water partition coefficient (Wildman–Crippen LogP) is 3.39. The van der Waals surface area contributed by atoms with Gasteiger partial charge < -0.3 is 5.11 Å². The second-order valence-corrected chi connectivity index (χ2v) is 5.09. The number of aliphatic hydroxyl groups excluding tert-OH is 1. The van der Waals surface area contributed by atoms with E-state index in [2.05, 4.69) is 18.9 Å². The molecule has 2 aromatic rings. The summed E-state index contributed by atoms with van der Waals surface area (Å²) in [6.45, 7) is 4.15. The van der Waals surface area contributed by atoms with Gasteiger partial charge in [-0.05, 0) is 37.6 Å². The summed E-state index contributed by atoms with van der Waals surface area (Å²) >= 11 is 5.82. The maximum Gasteiger partial charge on any atom is 0.0846 e. The lowest BCUT2D eigenvalue weighted by Crippen LogP contribution is -2.05. The third kappa shape index (κ3) is 3.12. The predicted molar refractivity (Wildman–Crippen MR) is 72.7 cm³/mol. The third-order valence-electron chi connectivity index (χ3n) is 2.85. The van der Waals surface area contributed by atoms with Gasteiger partial charge in [0.2, 0.25) is 0 Å².